The minimum Gasteiger partial charge on any atom is -0.356 e. The van der Waals surface area contributed by atoms with E-state index in [1.807, 2.05) is 0 Å². The Morgan fingerprint density at radius 3 is 2.54 bits per heavy atom. The molecular weight excluding hydrogens is 506 g/mol. The monoisotopic (exact) mass is 531 g/mol. The fraction of sp³-hybridized carbons (Fsp3) is 0.611. The van der Waals surface area contributed by atoms with Gasteiger partial charge in [-0.2, -0.15) is 13.2 Å². The predicted octanol–water partition coefficient (Wildman–Crippen LogP) is 3.10. The molecule has 28 heavy (non-hydrogen) atoms. The molecule has 5 nitrogen and oxygen atoms in total. The summed E-state index contributed by atoms with van der Waals surface area (Å²) in [5, 5.41) is 6.29. The van der Waals surface area contributed by atoms with Crippen LogP contribution in [-0.2, 0) is 21.4 Å². The topological polar surface area (TPSA) is 70.6 Å². The molecule has 158 valence electrons. The highest BCUT2D eigenvalue weighted by Gasteiger charge is 2.40. The molecule has 0 bridgehead atoms. The first-order valence-electron chi connectivity index (χ1n) is 8.99. The van der Waals surface area contributed by atoms with Gasteiger partial charge in [0, 0.05) is 25.0 Å². The summed E-state index contributed by atoms with van der Waals surface area (Å²) >= 11 is 0. The molecule has 1 aliphatic heterocycles. The van der Waals surface area contributed by atoms with Gasteiger partial charge in [0.15, 0.2) is 15.8 Å². The van der Waals surface area contributed by atoms with Crippen molar-refractivity contribution in [1.82, 2.24) is 10.6 Å². The van der Waals surface area contributed by atoms with Crippen molar-refractivity contribution in [1.29, 1.82) is 0 Å². The highest BCUT2D eigenvalue weighted by molar-refractivity contribution is 14.0. The lowest BCUT2D eigenvalue weighted by Gasteiger charge is -2.43. The number of halogens is 4. The van der Waals surface area contributed by atoms with Crippen LogP contribution in [0.1, 0.15) is 36.8 Å². The molecule has 2 fully saturated rings. The van der Waals surface area contributed by atoms with Crippen molar-refractivity contribution < 1.29 is 21.6 Å². The van der Waals surface area contributed by atoms with E-state index in [-0.39, 0.29) is 46.9 Å². The second-order valence-electron chi connectivity index (χ2n) is 7.38. The zero-order valence-electron chi connectivity index (χ0n) is 15.6. The highest BCUT2D eigenvalue weighted by Crippen LogP contribution is 2.44. The van der Waals surface area contributed by atoms with E-state index in [0.717, 1.165) is 25.3 Å². The van der Waals surface area contributed by atoms with Crippen LogP contribution in [-0.4, -0.2) is 45.5 Å². The predicted molar refractivity (Wildman–Crippen MR) is 114 cm³/mol. The van der Waals surface area contributed by atoms with Crippen LogP contribution in [0.15, 0.2) is 29.3 Å². The Morgan fingerprint density at radius 2 is 2.04 bits per heavy atom. The van der Waals surface area contributed by atoms with Gasteiger partial charge >= 0.3 is 6.18 Å². The SMILES string of the molecule is CN=C(NCC1(c2cccc(C(F)(F)F)c2)CCC1)NC1CCS(=O)(=O)C1.I. The molecule has 0 amide bonds. The van der Waals surface area contributed by atoms with Crippen molar-refractivity contribution in [3.8, 4) is 0 Å². The third kappa shape index (κ3) is 5.31. The first-order chi connectivity index (χ1) is 12.6. The van der Waals surface area contributed by atoms with Gasteiger partial charge in [-0.05, 0) is 30.9 Å². The number of sulfone groups is 1. The standard InChI is InChI=1S/C18H24F3N3O2S.HI/c1-22-16(24-15-6-9-27(25,26)11-15)23-12-17(7-3-8-17)13-4-2-5-14(10-13)18(19,20)21;/h2,4-5,10,15H,3,6-9,11-12H2,1H3,(H2,22,23,24);1H. The maximum Gasteiger partial charge on any atom is 0.416 e. The van der Waals surface area contributed by atoms with Crippen molar-refractivity contribution in [3.05, 3.63) is 35.4 Å². The van der Waals surface area contributed by atoms with Crippen molar-refractivity contribution in [2.24, 2.45) is 4.99 Å². The molecule has 3 rings (SSSR count). The second kappa shape index (κ2) is 8.76. The second-order valence-corrected chi connectivity index (χ2v) is 9.61. The van der Waals surface area contributed by atoms with Crippen LogP contribution in [0, 0.1) is 0 Å². The van der Waals surface area contributed by atoms with Crippen molar-refractivity contribution in [2.45, 2.75) is 43.3 Å². The number of nitrogens with zero attached hydrogens (tertiary/aromatic N) is 1. The van der Waals surface area contributed by atoms with Gasteiger partial charge in [0.2, 0.25) is 0 Å². The van der Waals surface area contributed by atoms with Crippen LogP contribution < -0.4 is 10.6 Å². The average molecular weight is 531 g/mol. The van der Waals surface area contributed by atoms with Gasteiger partial charge < -0.3 is 10.6 Å². The molecule has 1 heterocycles. The molecule has 2 aliphatic rings. The van der Waals surface area contributed by atoms with Crippen LogP contribution in [0.3, 0.4) is 0 Å². The van der Waals surface area contributed by atoms with E-state index < -0.39 is 21.6 Å². The maximum atomic E-state index is 13.0. The van der Waals surface area contributed by atoms with E-state index >= 15 is 0 Å². The first-order valence-corrected chi connectivity index (χ1v) is 10.8. The zero-order valence-corrected chi connectivity index (χ0v) is 18.7. The van der Waals surface area contributed by atoms with Crippen molar-refractivity contribution >= 4 is 39.8 Å². The molecule has 1 saturated carbocycles. The molecule has 0 spiro atoms. The molecule has 2 N–H and O–H groups in total. The molecule has 1 atom stereocenters. The van der Waals surface area contributed by atoms with E-state index in [4.69, 9.17) is 0 Å². The smallest absolute Gasteiger partial charge is 0.356 e. The number of nitrogens with one attached hydrogen (secondary N) is 2. The first kappa shape index (κ1) is 23.2. The van der Waals surface area contributed by atoms with E-state index in [1.54, 1.807) is 13.1 Å². The summed E-state index contributed by atoms with van der Waals surface area (Å²) in [6.45, 7) is 0.452. The lowest BCUT2D eigenvalue weighted by atomic mass is 9.64. The number of guanidine groups is 1. The van der Waals surface area contributed by atoms with Gasteiger partial charge in [0.05, 0.1) is 17.1 Å². The molecule has 1 aromatic carbocycles. The Hall–Kier alpha value is -1.04. The molecule has 1 aromatic rings. The third-order valence-corrected chi connectivity index (χ3v) is 7.27. The Labute approximate surface area is 180 Å². The van der Waals surface area contributed by atoms with Crippen LogP contribution in [0.4, 0.5) is 13.2 Å². The molecule has 10 heteroatoms. The van der Waals surface area contributed by atoms with E-state index in [9.17, 15) is 21.6 Å². The molecule has 0 radical (unpaired) electrons. The van der Waals surface area contributed by atoms with Gasteiger partial charge in [-0.1, -0.05) is 24.6 Å². The number of alkyl halides is 3. The van der Waals surface area contributed by atoms with Crippen LogP contribution in [0.25, 0.3) is 0 Å². The molecule has 1 aliphatic carbocycles. The summed E-state index contributed by atoms with van der Waals surface area (Å²) < 4.78 is 62.3. The summed E-state index contributed by atoms with van der Waals surface area (Å²) in [5.74, 6) is 0.720. The normalized spacial score (nSPS) is 23.4. The molecule has 0 aromatic heterocycles. The summed E-state index contributed by atoms with van der Waals surface area (Å²) in [6.07, 6.45) is -1.27. The number of rotatable bonds is 4. The van der Waals surface area contributed by atoms with E-state index in [2.05, 4.69) is 15.6 Å². The Kier molecular flexibility index (Phi) is 7.27. The zero-order chi connectivity index (χ0) is 19.7. The van der Waals surface area contributed by atoms with Crippen molar-refractivity contribution in [3.63, 3.8) is 0 Å². The summed E-state index contributed by atoms with van der Waals surface area (Å²) in [6, 6.07) is 5.34. The number of benzene rings is 1. The lowest BCUT2D eigenvalue weighted by Crippen LogP contribution is -2.51. The molecule has 1 unspecified atom stereocenters. The Morgan fingerprint density at radius 1 is 1.32 bits per heavy atom. The van der Waals surface area contributed by atoms with Gasteiger partial charge in [0.1, 0.15) is 0 Å². The van der Waals surface area contributed by atoms with Crippen LogP contribution in [0.5, 0.6) is 0 Å². The van der Waals surface area contributed by atoms with Gasteiger partial charge in [-0.25, -0.2) is 8.42 Å². The van der Waals surface area contributed by atoms with E-state index in [1.165, 1.54) is 12.1 Å². The van der Waals surface area contributed by atoms with Gasteiger partial charge in [0.25, 0.3) is 0 Å². The quantitative estimate of drug-likeness (QED) is 0.356. The summed E-state index contributed by atoms with van der Waals surface area (Å²) in [7, 11) is -1.41. The number of hydrogen-bond donors (Lipinski definition) is 2. The Bertz CT molecular complexity index is 824. The fourth-order valence-electron chi connectivity index (χ4n) is 3.75. The summed E-state index contributed by atoms with van der Waals surface area (Å²) in [4.78, 5) is 4.13. The van der Waals surface area contributed by atoms with Crippen LogP contribution in [0.2, 0.25) is 0 Å². The molecular formula is C18H25F3IN3O2S. The van der Waals surface area contributed by atoms with Gasteiger partial charge in [-0.3, -0.25) is 4.99 Å². The lowest BCUT2D eigenvalue weighted by molar-refractivity contribution is -0.137. The van der Waals surface area contributed by atoms with Gasteiger partial charge in [-0.15, -0.1) is 24.0 Å². The summed E-state index contributed by atoms with van der Waals surface area (Å²) in [5.41, 5.74) is -0.319. The third-order valence-electron chi connectivity index (χ3n) is 5.50. The Balaban J connectivity index is 0.00000280. The fourth-order valence-corrected chi connectivity index (χ4v) is 5.42. The average Bonchev–Trinajstić information content (AvgIpc) is 2.91. The van der Waals surface area contributed by atoms with Crippen LogP contribution >= 0.6 is 24.0 Å². The number of hydrogen-bond acceptors (Lipinski definition) is 3. The minimum absolute atomic E-state index is 0. The number of aliphatic imine (C=N–C) groups is 1. The molecule has 1 saturated heterocycles. The van der Waals surface area contributed by atoms with Crippen molar-refractivity contribution in [2.75, 3.05) is 25.1 Å². The maximum absolute atomic E-state index is 13.0. The van der Waals surface area contributed by atoms with E-state index in [0.29, 0.717) is 24.5 Å². The minimum atomic E-state index is -4.36. The highest BCUT2D eigenvalue weighted by atomic mass is 127. The largest absolute Gasteiger partial charge is 0.416 e.